The minimum absolute atomic E-state index is 0.0319. The average Bonchev–Trinajstić information content (AvgIpc) is 2.31. The van der Waals surface area contributed by atoms with Gasteiger partial charge >= 0.3 is 0 Å². The molecular weight excluding hydrogens is 245 g/mol. The third-order valence-corrected chi connectivity index (χ3v) is 4.13. The second-order valence-electron chi connectivity index (χ2n) is 3.53. The smallest absolute Gasteiger partial charge is 0.234 e. The van der Waals surface area contributed by atoms with Gasteiger partial charge in [0.25, 0.3) is 0 Å². The van der Waals surface area contributed by atoms with Crippen LogP contribution in [0.1, 0.15) is 13.3 Å². The van der Waals surface area contributed by atoms with Crippen molar-refractivity contribution >= 4 is 15.7 Å². The molecule has 0 spiro atoms. The molecule has 4 nitrogen and oxygen atoms in total. The van der Waals surface area contributed by atoms with Crippen molar-refractivity contribution in [2.45, 2.75) is 13.3 Å². The third kappa shape index (κ3) is 3.67. The molecule has 1 aromatic carbocycles. The molecule has 0 saturated carbocycles. The van der Waals surface area contributed by atoms with Crippen LogP contribution in [0.2, 0.25) is 0 Å². The standard InChI is InChI=1S/C11H16FNO3S/c1-2-17(15,16)13(8-3-9-14)11-6-4-10(12)5-7-11/h4-7,14H,2-3,8-9H2,1H3. The highest BCUT2D eigenvalue weighted by Crippen LogP contribution is 2.19. The fourth-order valence-corrected chi connectivity index (χ4v) is 2.57. The van der Waals surface area contributed by atoms with Crippen molar-refractivity contribution in [3.8, 4) is 0 Å². The predicted octanol–water partition coefficient (Wildman–Crippen LogP) is 1.36. The lowest BCUT2D eigenvalue weighted by atomic mass is 10.3. The van der Waals surface area contributed by atoms with Gasteiger partial charge in [0.2, 0.25) is 10.0 Å². The zero-order valence-corrected chi connectivity index (χ0v) is 10.5. The van der Waals surface area contributed by atoms with Crippen molar-refractivity contribution in [3.05, 3.63) is 30.1 Å². The fraction of sp³-hybridized carbons (Fsp3) is 0.455. The van der Waals surface area contributed by atoms with Crippen LogP contribution in [-0.4, -0.2) is 32.4 Å². The zero-order chi connectivity index (χ0) is 12.9. The van der Waals surface area contributed by atoms with E-state index in [4.69, 9.17) is 5.11 Å². The number of nitrogens with zero attached hydrogens (tertiary/aromatic N) is 1. The molecule has 0 fully saturated rings. The molecule has 0 radical (unpaired) electrons. The normalized spacial score (nSPS) is 11.5. The van der Waals surface area contributed by atoms with Crippen LogP contribution in [0.15, 0.2) is 24.3 Å². The second-order valence-corrected chi connectivity index (χ2v) is 5.71. The van der Waals surface area contributed by atoms with E-state index in [9.17, 15) is 12.8 Å². The van der Waals surface area contributed by atoms with Gasteiger partial charge in [-0.1, -0.05) is 0 Å². The lowest BCUT2D eigenvalue weighted by molar-refractivity contribution is 0.291. The summed E-state index contributed by atoms with van der Waals surface area (Å²) in [5, 5.41) is 8.76. The summed E-state index contributed by atoms with van der Waals surface area (Å²) in [6, 6.07) is 5.26. The molecule has 0 aromatic heterocycles. The van der Waals surface area contributed by atoms with Crippen molar-refractivity contribution in [1.82, 2.24) is 0 Å². The first kappa shape index (κ1) is 13.9. The summed E-state index contributed by atoms with van der Waals surface area (Å²) in [6.07, 6.45) is 0.344. The molecule has 0 aliphatic rings. The van der Waals surface area contributed by atoms with Crippen LogP contribution in [0.5, 0.6) is 0 Å². The van der Waals surface area contributed by atoms with Gasteiger partial charge in [0.05, 0.1) is 11.4 Å². The molecule has 6 heteroatoms. The molecule has 1 N–H and O–H groups in total. The number of anilines is 1. The Hall–Kier alpha value is -1.14. The van der Waals surface area contributed by atoms with Crippen molar-refractivity contribution in [3.63, 3.8) is 0 Å². The lowest BCUT2D eigenvalue weighted by Gasteiger charge is -2.23. The number of benzene rings is 1. The Balaban J connectivity index is 3.02. The maximum atomic E-state index is 12.8. The Bertz CT molecular complexity index is 444. The highest BCUT2D eigenvalue weighted by molar-refractivity contribution is 7.92. The van der Waals surface area contributed by atoms with Gasteiger partial charge in [0, 0.05) is 13.2 Å². The van der Waals surface area contributed by atoms with Crippen molar-refractivity contribution in [1.29, 1.82) is 0 Å². The minimum atomic E-state index is -3.40. The van der Waals surface area contributed by atoms with Crippen LogP contribution in [0.25, 0.3) is 0 Å². The summed E-state index contributed by atoms with van der Waals surface area (Å²) in [6.45, 7) is 1.65. The minimum Gasteiger partial charge on any atom is -0.396 e. The Morgan fingerprint density at radius 1 is 1.29 bits per heavy atom. The molecule has 0 atom stereocenters. The highest BCUT2D eigenvalue weighted by atomic mass is 32.2. The van der Waals surface area contributed by atoms with Crippen LogP contribution >= 0.6 is 0 Å². The van der Waals surface area contributed by atoms with E-state index < -0.39 is 15.8 Å². The van der Waals surface area contributed by atoms with E-state index in [1.54, 1.807) is 6.92 Å². The third-order valence-electron chi connectivity index (χ3n) is 2.33. The molecule has 17 heavy (non-hydrogen) atoms. The summed E-state index contributed by atoms with van der Waals surface area (Å²) in [5.41, 5.74) is 0.418. The quantitative estimate of drug-likeness (QED) is 0.841. The van der Waals surface area contributed by atoms with Crippen LogP contribution in [0.4, 0.5) is 10.1 Å². The maximum absolute atomic E-state index is 12.8. The predicted molar refractivity (Wildman–Crippen MR) is 64.9 cm³/mol. The first-order valence-electron chi connectivity index (χ1n) is 5.38. The fourth-order valence-electron chi connectivity index (χ4n) is 1.41. The Morgan fingerprint density at radius 2 is 1.88 bits per heavy atom. The first-order valence-corrected chi connectivity index (χ1v) is 6.99. The van der Waals surface area contributed by atoms with Gasteiger partial charge in [-0.2, -0.15) is 0 Å². The lowest BCUT2D eigenvalue weighted by Crippen LogP contribution is -2.33. The molecule has 1 aromatic rings. The summed E-state index contributed by atoms with van der Waals surface area (Å²) >= 11 is 0. The van der Waals surface area contributed by atoms with Crippen LogP contribution in [-0.2, 0) is 10.0 Å². The van der Waals surface area contributed by atoms with Crippen molar-refractivity contribution in [2.75, 3.05) is 23.2 Å². The van der Waals surface area contributed by atoms with Gasteiger partial charge in [-0.3, -0.25) is 4.31 Å². The number of aliphatic hydroxyl groups excluding tert-OH is 1. The number of aliphatic hydroxyl groups is 1. The molecule has 1 rings (SSSR count). The number of halogens is 1. The highest BCUT2D eigenvalue weighted by Gasteiger charge is 2.19. The Kier molecular flexibility index (Phi) is 4.89. The molecule has 0 bridgehead atoms. The molecule has 0 aliphatic carbocycles. The van der Waals surface area contributed by atoms with Crippen LogP contribution in [0, 0.1) is 5.82 Å². The van der Waals surface area contributed by atoms with Crippen LogP contribution < -0.4 is 4.31 Å². The Labute approximate surface area is 101 Å². The second kappa shape index (κ2) is 5.97. The summed E-state index contributed by atoms with van der Waals surface area (Å²) in [7, 11) is -3.40. The van der Waals surface area contributed by atoms with E-state index in [-0.39, 0.29) is 18.9 Å². The molecule has 0 amide bonds. The Morgan fingerprint density at radius 3 is 2.35 bits per heavy atom. The number of rotatable bonds is 6. The molecule has 96 valence electrons. The monoisotopic (exact) mass is 261 g/mol. The average molecular weight is 261 g/mol. The molecular formula is C11H16FNO3S. The van der Waals surface area contributed by atoms with E-state index in [1.165, 1.54) is 28.6 Å². The van der Waals surface area contributed by atoms with Gasteiger partial charge in [0.1, 0.15) is 5.82 Å². The van der Waals surface area contributed by atoms with Gasteiger partial charge in [0.15, 0.2) is 0 Å². The van der Waals surface area contributed by atoms with Gasteiger partial charge < -0.3 is 5.11 Å². The zero-order valence-electron chi connectivity index (χ0n) is 9.63. The maximum Gasteiger partial charge on any atom is 0.234 e. The van der Waals surface area contributed by atoms with E-state index >= 15 is 0 Å². The van der Waals surface area contributed by atoms with E-state index in [0.29, 0.717) is 12.1 Å². The van der Waals surface area contributed by atoms with Crippen molar-refractivity contribution in [2.24, 2.45) is 0 Å². The van der Waals surface area contributed by atoms with E-state index in [1.807, 2.05) is 0 Å². The molecule has 0 aliphatic heterocycles. The van der Waals surface area contributed by atoms with E-state index in [0.717, 1.165) is 0 Å². The largest absolute Gasteiger partial charge is 0.396 e. The topological polar surface area (TPSA) is 57.6 Å². The molecule has 0 heterocycles. The molecule has 0 saturated heterocycles. The molecule has 0 unspecified atom stereocenters. The SMILES string of the molecule is CCS(=O)(=O)N(CCCO)c1ccc(F)cc1. The summed E-state index contributed by atoms with van der Waals surface area (Å²) < 4.78 is 37.7. The van der Waals surface area contributed by atoms with Gasteiger partial charge in [-0.15, -0.1) is 0 Å². The van der Waals surface area contributed by atoms with Gasteiger partial charge in [-0.25, -0.2) is 12.8 Å². The van der Waals surface area contributed by atoms with Crippen molar-refractivity contribution < 1.29 is 17.9 Å². The van der Waals surface area contributed by atoms with Gasteiger partial charge in [-0.05, 0) is 37.6 Å². The number of hydrogen-bond acceptors (Lipinski definition) is 3. The number of sulfonamides is 1. The van der Waals surface area contributed by atoms with E-state index in [2.05, 4.69) is 0 Å². The summed E-state index contributed by atoms with van der Waals surface area (Å²) in [5.74, 6) is -0.444. The van der Waals surface area contributed by atoms with Crippen LogP contribution in [0.3, 0.4) is 0 Å². The first-order chi connectivity index (χ1) is 8.01. The number of hydrogen-bond donors (Lipinski definition) is 1. The summed E-state index contributed by atoms with van der Waals surface area (Å²) in [4.78, 5) is 0.